The molecule has 76 valence electrons. The molecule has 0 aromatic heterocycles. The smallest absolute Gasteiger partial charge is 0.0617 e. The molecule has 2 nitrogen and oxygen atoms in total. The molecule has 0 bridgehead atoms. The van der Waals surface area contributed by atoms with Crippen LogP contribution in [-0.2, 0) is 4.74 Å². The highest BCUT2D eigenvalue weighted by atomic mass is 32.2. The van der Waals surface area contributed by atoms with E-state index < -0.39 is 0 Å². The van der Waals surface area contributed by atoms with E-state index in [9.17, 15) is 0 Å². The number of thioether (sulfide) groups is 1. The van der Waals surface area contributed by atoms with Crippen LogP contribution in [0.4, 0.5) is 0 Å². The Bertz CT molecular complexity index is 149. The highest BCUT2D eigenvalue weighted by Gasteiger charge is 2.22. The second-order valence-electron chi connectivity index (χ2n) is 3.32. The monoisotopic (exact) mass is 219 g/mol. The molecule has 2 unspecified atom stereocenters. The van der Waals surface area contributed by atoms with E-state index in [1.165, 1.54) is 12.8 Å². The molecule has 0 spiro atoms. The fraction of sp³-hybridized carbons (Fsp3) is 0.889. The summed E-state index contributed by atoms with van der Waals surface area (Å²) in [5, 5.41) is 3.24. The lowest BCUT2D eigenvalue weighted by molar-refractivity contribution is 0.0455. The number of thiocarbonyl (C=S) groups is 1. The van der Waals surface area contributed by atoms with Crippen LogP contribution in [0.5, 0.6) is 0 Å². The molecule has 0 aliphatic carbocycles. The van der Waals surface area contributed by atoms with Crippen molar-refractivity contribution in [3.8, 4) is 0 Å². The normalized spacial score (nSPS) is 25.2. The van der Waals surface area contributed by atoms with E-state index in [4.69, 9.17) is 17.0 Å². The first-order chi connectivity index (χ1) is 6.38. The lowest BCUT2D eigenvalue weighted by Crippen LogP contribution is -2.41. The molecular formula is C9H17NOS2. The van der Waals surface area contributed by atoms with Crippen molar-refractivity contribution in [3.63, 3.8) is 0 Å². The lowest BCUT2D eigenvalue weighted by Gasteiger charge is -2.29. The fourth-order valence-corrected chi connectivity index (χ4v) is 2.57. The van der Waals surface area contributed by atoms with Gasteiger partial charge >= 0.3 is 0 Å². The van der Waals surface area contributed by atoms with Gasteiger partial charge in [-0.2, -0.15) is 11.8 Å². The average molecular weight is 219 g/mol. The van der Waals surface area contributed by atoms with E-state index in [2.05, 4.69) is 11.6 Å². The minimum absolute atomic E-state index is 0.493. The summed E-state index contributed by atoms with van der Waals surface area (Å²) >= 11 is 6.68. The number of rotatable bonds is 5. The molecule has 0 aromatic rings. The molecule has 1 aliphatic rings. The Labute approximate surface area is 89.8 Å². The summed E-state index contributed by atoms with van der Waals surface area (Å²) < 4.78 is 5.46. The van der Waals surface area contributed by atoms with E-state index in [0.717, 1.165) is 19.0 Å². The molecular weight excluding hydrogens is 202 g/mol. The zero-order valence-corrected chi connectivity index (χ0v) is 9.63. The highest BCUT2D eigenvalue weighted by molar-refractivity contribution is 7.98. The van der Waals surface area contributed by atoms with Crippen LogP contribution in [0, 0.1) is 5.92 Å². The van der Waals surface area contributed by atoms with Gasteiger partial charge in [0.1, 0.15) is 0 Å². The van der Waals surface area contributed by atoms with Gasteiger partial charge in [-0.1, -0.05) is 12.2 Å². The summed E-state index contributed by atoms with van der Waals surface area (Å²) in [7, 11) is 0. The summed E-state index contributed by atoms with van der Waals surface area (Å²) in [6, 6.07) is 0.493. The van der Waals surface area contributed by atoms with Gasteiger partial charge in [0.2, 0.25) is 0 Å². The van der Waals surface area contributed by atoms with Crippen LogP contribution in [0.1, 0.15) is 12.8 Å². The van der Waals surface area contributed by atoms with Crippen molar-refractivity contribution in [1.29, 1.82) is 0 Å². The van der Waals surface area contributed by atoms with Gasteiger partial charge in [0, 0.05) is 24.3 Å². The van der Waals surface area contributed by atoms with Crippen LogP contribution in [0.2, 0.25) is 0 Å². The van der Waals surface area contributed by atoms with Crippen molar-refractivity contribution in [3.05, 3.63) is 0 Å². The summed E-state index contributed by atoms with van der Waals surface area (Å²) in [5.41, 5.74) is 1.63. The molecule has 0 radical (unpaired) electrons. The number of nitrogens with one attached hydrogen (secondary N) is 1. The highest BCUT2D eigenvalue weighted by Crippen LogP contribution is 2.19. The molecule has 1 saturated heterocycles. The maximum Gasteiger partial charge on any atom is 0.0617 e. The maximum absolute atomic E-state index is 5.46. The Morgan fingerprint density at radius 2 is 2.62 bits per heavy atom. The van der Waals surface area contributed by atoms with Crippen LogP contribution in [-0.4, -0.2) is 36.8 Å². The molecule has 0 aromatic carbocycles. The van der Waals surface area contributed by atoms with E-state index in [1.807, 2.05) is 11.8 Å². The molecule has 13 heavy (non-hydrogen) atoms. The molecule has 1 N–H and O–H groups in total. The van der Waals surface area contributed by atoms with Crippen LogP contribution in [0.15, 0.2) is 0 Å². The first kappa shape index (κ1) is 11.3. The first-order valence-electron chi connectivity index (χ1n) is 4.65. The first-order valence-corrected chi connectivity index (χ1v) is 6.51. The maximum atomic E-state index is 5.46. The molecule has 1 heterocycles. The summed E-state index contributed by atoms with van der Waals surface area (Å²) in [4.78, 5) is 0. The van der Waals surface area contributed by atoms with E-state index in [1.54, 1.807) is 5.49 Å². The molecule has 0 amide bonds. The van der Waals surface area contributed by atoms with Crippen molar-refractivity contribution in [2.24, 2.45) is 5.92 Å². The van der Waals surface area contributed by atoms with Crippen LogP contribution in [0.3, 0.4) is 0 Å². The zero-order valence-electron chi connectivity index (χ0n) is 7.99. The van der Waals surface area contributed by atoms with Crippen molar-refractivity contribution < 1.29 is 4.74 Å². The summed E-state index contributed by atoms with van der Waals surface area (Å²) in [5.74, 6) is 1.75. The number of ether oxygens (including phenoxy) is 1. The summed E-state index contributed by atoms with van der Waals surface area (Å²) in [6.07, 6.45) is 4.58. The van der Waals surface area contributed by atoms with Crippen molar-refractivity contribution in [2.75, 3.05) is 25.2 Å². The molecule has 4 heteroatoms. The lowest BCUT2D eigenvalue weighted by atomic mass is 9.95. The minimum Gasteiger partial charge on any atom is -0.381 e. The standard InChI is InChI=1S/C9H17NOS2/c1-13-6-9(10-7-12)8-3-2-4-11-5-8/h7-9H,2-6H2,1H3,(H,10,12). The second-order valence-corrected chi connectivity index (χ2v) is 4.47. The average Bonchev–Trinajstić information content (AvgIpc) is 2.19. The largest absolute Gasteiger partial charge is 0.381 e. The third-order valence-electron chi connectivity index (χ3n) is 2.39. The van der Waals surface area contributed by atoms with Gasteiger partial charge in [-0.05, 0) is 19.1 Å². The second kappa shape index (κ2) is 6.62. The van der Waals surface area contributed by atoms with Gasteiger partial charge in [-0.3, -0.25) is 0 Å². The quantitative estimate of drug-likeness (QED) is 0.710. The Hall–Kier alpha value is 0.200. The number of hydrogen-bond acceptors (Lipinski definition) is 3. The van der Waals surface area contributed by atoms with Gasteiger partial charge in [0.05, 0.1) is 12.1 Å². The Morgan fingerprint density at radius 1 is 1.77 bits per heavy atom. The van der Waals surface area contributed by atoms with Crippen molar-refractivity contribution in [1.82, 2.24) is 5.32 Å². The Morgan fingerprint density at radius 3 is 3.15 bits per heavy atom. The minimum atomic E-state index is 0.493. The Kier molecular flexibility index (Phi) is 5.75. The van der Waals surface area contributed by atoms with Gasteiger partial charge in [0.25, 0.3) is 0 Å². The SMILES string of the molecule is CSCC(NC=S)C1CCCOC1. The van der Waals surface area contributed by atoms with Gasteiger partial charge < -0.3 is 10.1 Å². The molecule has 1 rings (SSSR count). The predicted octanol–water partition coefficient (Wildman–Crippen LogP) is 1.69. The van der Waals surface area contributed by atoms with Crippen LogP contribution in [0.25, 0.3) is 0 Å². The summed E-state index contributed by atoms with van der Waals surface area (Å²) in [6.45, 7) is 1.82. The topological polar surface area (TPSA) is 21.3 Å². The van der Waals surface area contributed by atoms with E-state index in [0.29, 0.717) is 12.0 Å². The fourth-order valence-electron chi connectivity index (χ4n) is 1.67. The third-order valence-corrected chi connectivity index (χ3v) is 3.22. The van der Waals surface area contributed by atoms with Gasteiger partial charge in [-0.15, -0.1) is 0 Å². The van der Waals surface area contributed by atoms with Crippen molar-refractivity contribution in [2.45, 2.75) is 18.9 Å². The van der Waals surface area contributed by atoms with E-state index in [-0.39, 0.29) is 0 Å². The molecule has 1 aliphatic heterocycles. The zero-order chi connectivity index (χ0) is 9.52. The molecule has 1 fully saturated rings. The van der Waals surface area contributed by atoms with E-state index >= 15 is 0 Å². The van der Waals surface area contributed by atoms with Gasteiger partial charge in [-0.25, -0.2) is 0 Å². The predicted molar refractivity (Wildman–Crippen MR) is 62.5 cm³/mol. The number of hydrogen-bond donors (Lipinski definition) is 1. The molecule has 0 saturated carbocycles. The van der Waals surface area contributed by atoms with Gasteiger partial charge in [0.15, 0.2) is 0 Å². The van der Waals surface area contributed by atoms with Crippen LogP contribution >= 0.6 is 24.0 Å². The molecule has 2 atom stereocenters. The van der Waals surface area contributed by atoms with Crippen LogP contribution < -0.4 is 5.32 Å². The third kappa shape index (κ3) is 3.83. The van der Waals surface area contributed by atoms with Crippen molar-refractivity contribution >= 4 is 29.5 Å². The Balaban J connectivity index is 2.36.